The third-order valence-corrected chi connectivity index (χ3v) is 3.18. The molecule has 0 saturated heterocycles. The Morgan fingerprint density at radius 2 is 2.05 bits per heavy atom. The van der Waals surface area contributed by atoms with Crippen LogP contribution >= 0.6 is 23.2 Å². The number of nitro groups is 1. The molecule has 2 rings (SSSR count). The van der Waals surface area contributed by atoms with Gasteiger partial charge < -0.3 is 4.74 Å². The summed E-state index contributed by atoms with van der Waals surface area (Å²) in [6, 6.07) is 2.36. The molecule has 0 spiro atoms. The monoisotopic (exact) mass is 329 g/mol. The second-order valence-electron chi connectivity index (χ2n) is 3.92. The highest BCUT2D eigenvalue weighted by Gasteiger charge is 2.20. The first-order valence-corrected chi connectivity index (χ1v) is 6.29. The molecule has 0 aliphatic heterocycles. The number of nitrogens with zero attached hydrogens (tertiary/aromatic N) is 3. The normalized spacial score (nSPS) is 10.3. The van der Waals surface area contributed by atoms with Crippen molar-refractivity contribution in [1.29, 1.82) is 0 Å². The number of aromatic nitrogens is 2. The minimum absolute atomic E-state index is 0.0550. The van der Waals surface area contributed by atoms with Crippen molar-refractivity contribution in [2.24, 2.45) is 5.84 Å². The zero-order valence-electron chi connectivity index (χ0n) is 10.6. The number of hydrogen-bond donors (Lipinski definition) is 2. The molecule has 1 aromatic carbocycles. The molecule has 0 aliphatic rings. The highest BCUT2D eigenvalue weighted by Crippen LogP contribution is 2.38. The lowest BCUT2D eigenvalue weighted by atomic mass is 10.3. The number of ether oxygens (including phenoxy) is 1. The molecule has 0 fully saturated rings. The first-order chi connectivity index (χ1) is 9.92. The minimum Gasteiger partial charge on any atom is -0.431 e. The predicted octanol–water partition coefficient (Wildman–Crippen LogP) is 3.08. The lowest BCUT2D eigenvalue weighted by molar-refractivity contribution is -0.385. The standard InChI is InChI=1S/C11H9Cl2N5O3/c1-5-4-15-11(17-14)16-10(5)21-9-3-7(13)6(12)2-8(9)18(19)20/h2-4H,14H2,1H3,(H,15,16,17). The number of hydrogen-bond acceptors (Lipinski definition) is 7. The van der Waals surface area contributed by atoms with E-state index in [4.69, 9.17) is 33.8 Å². The molecule has 1 aromatic heterocycles. The summed E-state index contributed by atoms with van der Waals surface area (Å²) < 4.78 is 5.45. The number of nitrogen functional groups attached to an aromatic ring is 1. The number of rotatable bonds is 4. The van der Waals surface area contributed by atoms with Crippen LogP contribution in [0.5, 0.6) is 11.6 Å². The number of halogens is 2. The highest BCUT2D eigenvalue weighted by atomic mass is 35.5. The van der Waals surface area contributed by atoms with Gasteiger partial charge in [-0.05, 0) is 6.92 Å². The Bertz CT molecular complexity index is 710. The van der Waals surface area contributed by atoms with Gasteiger partial charge in [0, 0.05) is 23.9 Å². The number of hydrazine groups is 1. The van der Waals surface area contributed by atoms with Crippen LogP contribution in [0.3, 0.4) is 0 Å². The van der Waals surface area contributed by atoms with E-state index in [1.165, 1.54) is 12.3 Å². The lowest BCUT2D eigenvalue weighted by Crippen LogP contribution is -2.11. The average molecular weight is 330 g/mol. The third-order valence-electron chi connectivity index (χ3n) is 2.46. The first-order valence-electron chi connectivity index (χ1n) is 5.54. The van der Waals surface area contributed by atoms with Gasteiger partial charge in [-0.15, -0.1) is 0 Å². The molecule has 21 heavy (non-hydrogen) atoms. The van der Waals surface area contributed by atoms with Crippen LogP contribution in [0.25, 0.3) is 0 Å². The van der Waals surface area contributed by atoms with E-state index < -0.39 is 4.92 Å². The fourth-order valence-corrected chi connectivity index (χ4v) is 1.76. The number of anilines is 1. The van der Waals surface area contributed by atoms with E-state index in [1.807, 2.05) is 0 Å². The summed E-state index contributed by atoms with van der Waals surface area (Å²) in [7, 11) is 0. The summed E-state index contributed by atoms with van der Waals surface area (Å²) in [6.07, 6.45) is 1.46. The summed E-state index contributed by atoms with van der Waals surface area (Å²) in [5.74, 6) is 5.34. The summed E-state index contributed by atoms with van der Waals surface area (Å²) in [4.78, 5) is 18.3. The van der Waals surface area contributed by atoms with Crippen molar-refractivity contribution in [2.45, 2.75) is 6.92 Å². The maximum atomic E-state index is 11.0. The zero-order valence-corrected chi connectivity index (χ0v) is 12.1. The molecule has 0 unspecified atom stereocenters. The van der Waals surface area contributed by atoms with Crippen LogP contribution in [0.4, 0.5) is 11.6 Å². The van der Waals surface area contributed by atoms with E-state index in [2.05, 4.69) is 15.4 Å². The Kier molecular flexibility index (Phi) is 4.41. The molecule has 0 saturated carbocycles. The van der Waals surface area contributed by atoms with E-state index in [-0.39, 0.29) is 33.3 Å². The second kappa shape index (κ2) is 6.08. The zero-order chi connectivity index (χ0) is 15.6. The van der Waals surface area contributed by atoms with Crippen molar-refractivity contribution in [3.05, 3.63) is 44.1 Å². The average Bonchev–Trinajstić information content (AvgIpc) is 2.44. The molecule has 8 nitrogen and oxygen atoms in total. The van der Waals surface area contributed by atoms with Gasteiger partial charge in [0.05, 0.1) is 15.0 Å². The summed E-state index contributed by atoms with van der Waals surface area (Å²) >= 11 is 11.6. The number of nitrogens with two attached hydrogens (primary N) is 1. The molecular weight excluding hydrogens is 321 g/mol. The number of aryl methyl sites for hydroxylation is 1. The maximum Gasteiger partial charge on any atom is 0.313 e. The quantitative estimate of drug-likeness (QED) is 0.502. The molecular formula is C11H9Cl2N5O3. The van der Waals surface area contributed by atoms with Crippen molar-refractivity contribution in [3.63, 3.8) is 0 Å². The van der Waals surface area contributed by atoms with Gasteiger partial charge in [0.25, 0.3) is 0 Å². The number of nitrogens with one attached hydrogen (secondary N) is 1. The molecule has 110 valence electrons. The van der Waals surface area contributed by atoms with E-state index in [1.54, 1.807) is 6.92 Å². The fourth-order valence-electron chi connectivity index (χ4n) is 1.45. The summed E-state index contributed by atoms with van der Waals surface area (Å²) in [5, 5.41) is 11.2. The van der Waals surface area contributed by atoms with Crippen molar-refractivity contribution in [1.82, 2.24) is 9.97 Å². The van der Waals surface area contributed by atoms with Gasteiger partial charge in [-0.3, -0.25) is 15.5 Å². The second-order valence-corrected chi connectivity index (χ2v) is 4.73. The SMILES string of the molecule is Cc1cnc(NN)nc1Oc1cc(Cl)c(Cl)cc1[N+](=O)[O-]. The van der Waals surface area contributed by atoms with E-state index >= 15 is 0 Å². The summed E-state index contributed by atoms with van der Waals surface area (Å²) in [6.45, 7) is 1.68. The third kappa shape index (κ3) is 3.30. The van der Waals surface area contributed by atoms with Crippen LogP contribution < -0.4 is 16.0 Å². The molecule has 0 radical (unpaired) electrons. The van der Waals surface area contributed by atoms with Crippen LogP contribution in [-0.4, -0.2) is 14.9 Å². The van der Waals surface area contributed by atoms with Crippen LogP contribution in [0, 0.1) is 17.0 Å². The topological polar surface area (TPSA) is 116 Å². The molecule has 1 heterocycles. The first kappa shape index (κ1) is 15.2. The van der Waals surface area contributed by atoms with Gasteiger partial charge in [-0.25, -0.2) is 10.8 Å². The maximum absolute atomic E-state index is 11.0. The van der Waals surface area contributed by atoms with Crippen LogP contribution in [-0.2, 0) is 0 Å². The Labute approximate surface area is 129 Å². The number of benzene rings is 1. The van der Waals surface area contributed by atoms with Crippen LogP contribution in [0.2, 0.25) is 10.0 Å². The highest BCUT2D eigenvalue weighted by molar-refractivity contribution is 6.42. The fraction of sp³-hybridized carbons (Fsp3) is 0.0909. The molecule has 0 aliphatic carbocycles. The van der Waals surface area contributed by atoms with E-state index in [0.717, 1.165) is 6.07 Å². The van der Waals surface area contributed by atoms with Crippen molar-refractivity contribution < 1.29 is 9.66 Å². The molecule has 0 atom stereocenters. The van der Waals surface area contributed by atoms with Gasteiger partial charge in [0.15, 0.2) is 0 Å². The minimum atomic E-state index is -0.629. The Balaban J connectivity index is 2.48. The Morgan fingerprint density at radius 1 is 1.38 bits per heavy atom. The van der Waals surface area contributed by atoms with E-state index in [0.29, 0.717) is 5.56 Å². The molecule has 0 bridgehead atoms. The Morgan fingerprint density at radius 3 is 2.67 bits per heavy atom. The Hall–Kier alpha value is -2.16. The van der Waals surface area contributed by atoms with E-state index in [9.17, 15) is 10.1 Å². The molecule has 2 aromatic rings. The lowest BCUT2D eigenvalue weighted by Gasteiger charge is -2.09. The van der Waals surface area contributed by atoms with Crippen LogP contribution in [0.1, 0.15) is 5.56 Å². The van der Waals surface area contributed by atoms with Crippen molar-refractivity contribution >= 4 is 34.8 Å². The summed E-state index contributed by atoms with van der Waals surface area (Å²) in [5.41, 5.74) is 2.49. The smallest absolute Gasteiger partial charge is 0.313 e. The van der Waals surface area contributed by atoms with Crippen LogP contribution in [0.15, 0.2) is 18.3 Å². The number of nitro benzene ring substituents is 1. The van der Waals surface area contributed by atoms with Gasteiger partial charge in [0.2, 0.25) is 17.6 Å². The molecule has 0 amide bonds. The largest absolute Gasteiger partial charge is 0.431 e. The van der Waals surface area contributed by atoms with Crippen molar-refractivity contribution in [2.75, 3.05) is 5.43 Å². The molecule has 10 heteroatoms. The van der Waals surface area contributed by atoms with Gasteiger partial charge in [-0.1, -0.05) is 23.2 Å². The van der Waals surface area contributed by atoms with Gasteiger partial charge in [-0.2, -0.15) is 4.98 Å². The van der Waals surface area contributed by atoms with Gasteiger partial charge >= 0.3 is 5.69 Å². The predicted molar refractivity (Wildman–Crippen MR) is 77.8 cm³/mol. The molecule has 3 N–H and O–H groups in total. The van der Waals surface area contributed by atoms with Gasteiger partial charge in [0.1, 0.15) is 0 Å². The van der Waals surface area contributed by atoms with Crippen molar-refractivity contribution in [3.8, 4) is 11.6 Å².